The molecule has 0 saturated heterocycles. The predicted octanol–water partition coefficient (Wildman–Crippen LogP) is 3.65. The van der Waals surface area contributed by atoms with Crippen LogP contribution in [0.3, 0.4) is 0 Å². The number of rotatable bonds is 6. The number of nitro benzene ring substituents is 1. The van der Waals surface area contributed by atoms with E-state index in [1.807, 2.05) is 24.3 Å². The van der Waals surface area contributed by atoms with Crippen molar-refractivity contribution in [2.24, 2.45) is 0 Å². The van der Waals surface area contributed by atoms with E-state index in [2.05, 4.69) is 15.9 Å². The Kier molecular flexibility index (Phi) is 5.97. The molecule has 1 amide bonds. The van der Waals surface area contributed by atoms with Crippen molar-refractivity contribution >= 4 is 27.5 Å². The summed E-state index contributed by atoms with van der Waals surface area (Å²) in [6.07, 6.45) is 0. The SMILES string of the molecule is COc1cc(C(=O)N(C)Cc2ccccc2Br)c([N+](=O)[O-])cc1OC. The quantitative estimate of drug-likeness (QED) is 0.538. The van der Waals surface area contributed by atoms with Crippen molar-refractivity contribution in [1.82, 2.24) is 4.90 Å². The minimum atomic E-state index is -0.610. The largest absolute Gasteiger partial charge is 0.493 e. The van der Waals surface area contributed by atoms with Crippen LogP contribution < -0.4 is 9.47 Å². The van der Waals surface area contributed by atoms with E-state index in [1.54, 1.807) is 7.05 Å². The summed E-state index contributed by atoms with van der Waals surface area (Å²) in [6.45, 7) is 0.297. The van der Waals surface area contributed by atoms with Crippen LogP contribution in [0.4, 0.5) is 5.69 Å². The normalized spacial score (nSPS) is 10.2. The van der Waals surface area contributed by atoms with Crippen molar-refractivity contribution < 1.29 is 19.2 Å². The summed E-state index contributed by atoms with van der Waals surface area (Å²) in [6, 6.07) is 9.99. The lowest BCUT2D eigenvalue weighted by molar-refractivity contribution is -0.385. The fraction of sp³-hybridized carbons (Fsp3) is 0.235. The molecule has 0 heterocycles. The number of hydrogen-bond acceptors (Lipinski definition) is 5. The van der Waals surface area contributed by atoms with Crippen LogP contribution in [0.15, 0.2) is 40.9 Å². The van der Waals surface area contributed by atoms with E-state index in [0.29, 0.717) is 6.54 Å². The van der Waals surface area contributed by atoms with Crippen LogP contribution in [-0.2, 0) is 6.54 Å². The smallest absolute Gasteiger partial charge is 0.286 e. The number of carbonyl (C=O) groups excluding carboxylic acids is 1. The van der Waals surface area contributed by atoms with Gasteiger partial charge in [-0.15, -0.1) is 0 Å². The number of amides is 1. The van der Waals surface area contributed by atoms with E-state index in [-0.39, 0.29) is 22.7 Å². The molecule has 25 heavy (non-hydrogen) atoms. The van der Waals surface area contributed by atoms with Gasteiger partial charge in [0.25, 0.3) is 11.6 Å². The van der Waals surface area contributed by atoms with Gasteiger partial charge in [0.2, 0.25) is 0 Å². The first-order chi connectivity index (χ1) is 11.9. The van der Waals surface area contributed by atoms with E-state index in [9.17, 15) is 14.9 Å². The molecule has 0 saturated carbocycles. The second-order valence-corrected chi connectivity index (χ2v) is 6.09. The van der Waals surface area contributed by atoms with E-state index >= 15 is 0 Å². The van der Waals surface area contributed by atoms with Crippen molar-refractivity contribution in [3.05, 3.63) is 62.1 Å². The van der Waals surface area contributed by atoms with Crippen molar-refractivity contribution in [2.75, 3.05) is 21.3 Å². The molecule has 0 aliphatic heterocycles. The van der Waals surface area contributed by atoms with Gasteiger partial charge in [-0.2, -0.15) is 0 Å². The summed E-state index contributed by atoms with van der Waals surface area (Å²) in [4.78, 5) is 24.9. The summed E-state index contributed by atoms with van der Waals surface area (Å²) >= 11 is 3.43. The van der Waals surface area contributed by atoms with Gasteiger partial charge in [0, 0.05) is 24.1 Å². The molecule has 0 aliphatic carbocycles. The lowest BCUT2D eigenvalue weighted by Gasteiger charge is -2.19. The third kappa shape index (κ3) is 4.08. The van der Waals surface area contributed by atoms with Crippen LogP contribution in [-0.4, -0.2) is 37.0 Å². The topological polar surface area (TPSA) is 81.9 Å². The van der Waals surface area contributed by atoms with Crippen molar-refractivity contribution in [3.63, 3.8) is 0 Å². The van der Waals surface area contributed by atoms with E-state index in [4.69, 9.17) is 9.47 Å². The molecule has 0 N–H and O–H groups in total. The highest BCUT2D eigenvalue weighted by molar-refractivity contribution is 9.10. The number of methoxy groups -OCH3 is 2. The molecule has 0 atom stereocenters. The molecular formula is C17H17BrN2O5. The number of nitrogens with zero attached hydrogens (tertiary/aromatic N) is 2. The van der Waals surface area contributed by atoms with Crippen molar-refractivity contribution in [3.8, 4) is 11.5 Å². The van der Waals surface area contributed by atoms with Gasteiger partial charge in [-0.3, -0.25) is 14.9 Å². The standard InChI is InChI=1S/C17H17BrN2O5/c1-19(10-11-6-4-5-7-13(11)18)17(21)12-8-15(24-2)16(25-3)9-14(12)20(22)23/h4-9H,10H2,1-3H3. The third-order valence-electron chi connectivity index (χ3n) is 3.64. The van der Waals surface area contributed by atoms with Crippen molar-refractivity contribution in [1.29, 1.82) is 0 Å². The summed E-state index contributed by atoms with van der Waals surface area (Å²) in [5, 5.41) is 11.4. The molecule has 2 rings (SSSR count). The number of benzene rings is 2. The molecule has 8 heteroatoms. The zero-order chi connectivity index (χ0) is 18.6. The molecule has 2 aromatic carbocycles. The van der Waals surface area contributed by atoms with Gasteiger partial charge < -0.3 is 14.4 Å². The molecule has 0 unspecified atom stereocenters. The summed E-state index contributed by atoms with van der Waals surface area (Å²) in [5.41, 5.74) is 0.500. The zero-order valence-electron chi connectivity index (χ0n) is 14.0. The Morgan fingerprint density at radius 2 is 1.80 bits per heavy atom. The van der Waals surface area contributed by atoms with Crippen LogP contribution in [0.1, 0.15) is 15.9 Å². The number of hydrogen-bond donors (Lipinski definition) is 0. The maximum absolute atomic E-state index is 12.8. The minimum Gasteiger partial charge on any atom is -0.493 e. The molecule has 0 bridgehead atoms. The molecule has 7 nitrogen and oxygen atoms in total. The second-order valence-electron chi connectivity index (χ2n) is 5.23. The van der Waals surface area contributed by atoms with Crippen LogP contribution in [0, 0.1) is 10.1 Å². The summed E-state index contributed by atoms with van der Waals surface area (Å²) in [7, 11) is 4.37. The van der Waals surface area contributed by atoms with Crippen LogP contribution in [0.25, 0.3) is 0 Å². The molecule has 0 aliphatic rings. The average Bonchev–Trinajstić information content (AvgIpc) is 2.61. The molecule has 2 aromatic rings. The van der Waals surface area contributed by atoms with Gasteiger partial charge in [0.05, 0.1) is 25.2 Å². The maximum atomic E-state index is 12.8. The lowest BCUT2D eigenvalue weighted by Crippen LogP contribution is -2.27. The first kappa shape index (κ1) is 18.7. The van der Waals surface area contributed by atoms with Gasteiger partial charge in [-0.25, -0.2) is 0 Å². The Morgan fingerprint density at radius 1 is 1.20 bits per heavy atom. The average molecular weight is 409 g/mol. The van der Waals surface area contributed by atoms with E-state index in [0.717, 1.165) is 10.0 Å². The number of halogens is 1. The predicted molar refractivity (Wildman–Crippen MR) is 96.1 cm³/mol. The second kappa shape index (κ2) is 7.98. The first-order valence-electron chi connectivity index (χ1n) is 7.28. The van der Waals surface area contributed by atoms with Crippen LogP contribution >= 0.6 is 15.9 Å². The highest BCUT2D eigenvalue weighted by Crippen LogP contribution is 2.35. The molecule has 0 spiro atoms. The summed E-state index contributed by atoms with van der Waals surface area (Å²) in [5.74, 6) is -0.0339. The molecule has 0 aromatic heterocycles. The van der Waals surface area contributed by atoms with Gasteiger partial charge in [-0.1, -0.05) is 34.1 Å². The fourth-order valence-corrected chi connectivity index (χ4v) is 2.76. The van der Waals surface area contributed by atoms with Gasteiger partial charge in [-0.05, 0) is 11.6 Å². The lowest BCUT2D eigenvalue weighted by atomic mass is 10.1. The maximum Gasteiger partial charge on any atom is 0.286 e. The van der Waals surface area contributed by atoms with E-state index < -0.39 is 10.8 Å². The Hall–Kier alpha value is -2.61. The Labute approximate surface area is 153 Å². The monoisotopic (exact) mass is 408 g/mol. The van der Waals surface area contributed by atoms with Crippen molar-refractivity contribution in [2.45, 2.75) is 6.54 Å². The van der Waals surface area contributed by atoms with Gasteiger partial charge >= 0.3 is 0 Å². The zero-order valence-corrected chi connectivity index (χ0v) is 15.6. The van der Waals surface area contributed by atoms with E-state index in [1.165, 1.54) is 31.3 Å². The summed E-state index contributed by atoms with van der Waals surface area (Å²) < 4.78 is 11.1. The van der Waals surface area contributed by atoms with Gasteiger partial charge in [0.15, 0.2) is 11.5 Å². The van der Waals surface area contributed by atoms with Crippen LogP contribution in [0.5, 0.6) is 11.5 Å². The molecular weight excluding hydrogens is 392 g/mol. The highest BCUT2D eigenvalue weighted by Gasteiger charge is 2.26. The number of nitro groups is 1. The first-order valence-corrected chi connectivity index (χ1v) is 8.07. The number of ether oxygens (including phenoxy) is 2. The fourth-order valence-electron chi connectivity index (χ4n) is 2.35. The molecule has 132 valence electrons. The Morgan fingerprint density at radius 3 is 2.36 bits per heavy atom. The number of carbonyl (C=O) groups is 1. The third-order valence-corrected chi connectivity index (χ3v) is 4.41. The van der Waals surface area contributed by atoms with Gasteiger partial charge in [0.1, 0.15) is 5.56 Å². The van der Waals surface area contributed by atoms with Crippen LogP contribution in [0.2, 0.25) is 0 Å². The highest BCUT2D eigenvalue weighted by atomic mass is 79.9. The Bertz CT molecular complexity index is 810. The molecule has 0 fully saturated rings. The minimum absolute atomic E-state index is 0.0581. The molecule has 0 radical (unpaired) electrons. The Balaban J connectivity index is 2.40.